The van der Waals surface area contributed by atoms with E-state index in [4.69, 9.17) is 10.5 Å². The Morgan fingerprint density at radius 2 is 1.80 bits per heavy atom. The normalized spacial score (nSPS) is 16.2. The van der Waals surface area contributed by atoms with Crippen LogP contribution < -0.4 is 10.5 Å². The molecule has 3 nitrogen and oxygen atoms in total. The zero-order valence-corrected chi connectivity index (χ0v) is 14.5. The number of hydrogen-bond donors (Lipinski definition) is 1. The molecule has 0 fully saturated rings. The number of nitrogens with two attached hydrogens (primary N) is 1. The first-order chi connectivity index (χ1) is 12.2. The molecule has 0 radical (unpaired) electrons. The molecule has 0 spiro atoms. The number of hydrogen-bond acceptors (Lipinski definition) is 4. The third-order valence-corrected chi connectivity index (χ3v) is 5.31. The summed E-state index contributed by atoms with van der Waals surface area (Å²) in [5.41, 5.74) is 8.56. The molecule has 3 aromatic carbocycles. The molecule has 3 aromatic rings. The van der Waals surface area contributed by atoms with E-state index < -0.39 is 0 Å². The van der Waals surface area contributed by atoms with E-state index in [0.717, 1.165) is 21.9 Å². The highest BCUT2D eigenvalue weighted by Gasteiger charge is 2.32. The molecule has 0 aromatic heterocycles. The quantitative estimate of drug-likeness (QED) is 0.680. The molecule has 2 N–H and O–H groups in total. The van der Waals surface area contributed by atoms with Crippen molar-refractivity contribution in [2.24, 2.45) is 5.73 Å². The topological polar surface area (TPSA) is 59.0 Å². The number of allylic oxidation sites excluding steroid dienone is 1. The number of thioether (sulfide) groups is 1. The van der Waals surface area contributed by atoms with Gasteiger partial charge in [-0.05, 0) is 40.8 Å². The first-order valence-electron chi connectivity index (χ1n) is 7.96. The van der Waals surface area contributed by atoms with Gasteiger partial charge in [0.1, 0.15) is 17.4 Å². The summed E-state index contributed by atoms with van der Waals surface area (Å²) in [4.78, 5) is 1.18. The van der Waals surface area contributed by atoms with Gasteiger partial charge in [0.2, 0.25) is 5.88 Å². The van der Waals surface area contributed by atoms with Gasteiger partial charge in [0.05, 0.1) is 5.92 Å². The number of ether oxygens (including phenoxy) is 1. The van der Waals surface area contributed by atoms with Crippen molar-refractivity contribution in [2.75, 3.05) is 6.26 Å². The number of benzene rings is 3. The second-order valence-electron chi connectivity index (χ2n) is 5.90. The van der Waals surface area contributed by atoms with E-state index >= 15 is 0 Å². The molecule has 1 aliphatic heterocycles. The second kappa shape index (κ2) is 6.19. The van der Waals surface area contributed by atoms with Gasteiger partial charge < -0.3 is 10.5 Å². The van der Waals surface area contributed by atoms with Crippen molar-refractivity contribution in [3.63, 3.8) is 0 Å². The van der Waals surface area contributed by atoms with Crippen LogP contribution in [0.3, 0.4) is 0 Å². The van der Waals surface area contributed by atoms with E-state index in [-0.39, 0.29) is 11.8 Å². The van der Waals surface area contributed by atoms with Crippen LogP contribution in [0, 0.1) is 11.3 Å². The Morgan fingerprint density at radius 3 is 2.52 bits per heavy atom. The third-order valence-electron chi connectivity index (χ3n) is 4.56. The van der Waals surface area contributed by atoms with Gasteiger partial charge in [0.15, 0.2) is 0 Å². The molecule has 0 aliphatic carbocycles. The van der Waals surface area contributed by atoms with Crippen LogP contribution >= 0.6 is 11.8 Å². The van der Waals surface area contributed by atoms with Crippen LogP contribution in [0.1, 0.15) is 17.0 Å². The van der Waals surface area contributed by atoms with E-state index in [9.17, 15) is 5.26 Å². The summed E-state index contributed by atoms with van der Waals surface area (Å²) in [6.07, 6.45) is 2.05. The number of rotatable bonds is 2. The SMILES string of the molecule is CSc1ccc(C2C(C#N)=C(N)Oc3ccc4ccccc4c32)cc1. The molecule has 122 valence electrons. The standard InChI is InChI=1S/C21H16N2OS/c1-25-15-9-6-14(7-10-15)19-17(12-22)21(23)24-18-11-8-13-4-2-3-5-16(13)20(18)19/h2-11,19H,23H2,1H3. The molecular formula is C21H16N2OS. The molecule has 1 heterocycles. The Balaban J connectivity index is 2.00. The molecule has 1 atom stereocenters. The smallest absolute Gasteiger partial charge is 0.205 e. The van der Waals surface area contributed by atoms with Crippen LogP contribution in [0.4, 0.5) is 0 Å². The Labute approximate surface area is 150 Å². The van der Waals surface area contributed by atoms with Crippen molar-refractivity contribution >= 4 is 22.5 Å². The van der Waals surface area contributed by atoms with Gasteiger partial charge >= 0.3 is 0 Å². The highest BCUT2D eigenvalue weighted by molar-refractivity contribution is 7.98. The Kier molecular flexibility index (Phi) is 3.87. The minimum Gasteiger partial charge on any atom is -0.440 e. The average molecular weight is 344 g/mol. The van der Waals surface area contributed by atoms with Gasteiger partial charge in [-0.1, -0.05) is 42.5 Å². The molecule has 0 saturated heterocycles. The summed E-state index contributed by atoms with van der Waals surface area (Å²) in [6.45, 7) is 0. The van der Waals surface area contributed by atoms with Crippen molar-refractivity contribution in [3.8, 4) is 11.8 Å². The Morgan fingerprint density at radius 1 is 1.04 bits per heavy atom. The Hall–Kier alpha value is -2.90. The maximum absolute atomic E-state index is 9.72. The molecule has 0 bridgehead atoms. The average Bonchev–Trinajstić information content (AvgIpc) is 2.66. The van der Waals surface area contributed by atoms with Crippen molar-refractivity contribution in [1.29, 1.82) is 5.26 Å². The minimum atomic E-state index is -0.226. The number of nitriles is 1. The summed E-state index contributed by atoms with van der Waals surface area (Å²) in [6, 6.07) is 22.6. The van der Waals surface area contributed by atoms with Gasteiger partial charge in [-0.3, -0.25) is 0 Å². The lowest BCUT2D eigenvalue weighted by Gasteiger charge is -2.28. The lowest BCUT2D eigenvalue weighted by atomic mass is 9.81. The minimum absolute atomic E-state index is 0.184. The Bertz CT molecular complexity index is 1030. The van der Waals surface area contributed by atoms with E-state index in [1.807, 2.05) is 30.5 Å². The second-order valence-corrected chi connectivity index (χ2v) is 6.78. The summed E-state index contributed by atoms with van der Waals surface area (Å²) in [5, 5.41) is 11.9. The summed E-state index contributed by atoms with van der Waals surface area (Å²) >= 11 is 1.69. The first-order valence-corrected chi connectivity index (χ1v) is 9.18. The first kappa shape index (κ1) is 15.6. The van der Waals surface area contributed by atoms with Crippen LogP contribution in [0.2, 0.25) is 0 Å². The third kappa shape index (κ3) is 2.54. The van der Waals surface area contributed by atoms with Crippen molar-refractivity contribution in [3.05, 3.63) is 83.2 Å². The van der Waals surface area contributed by atoms with E-state index in [0.29, 0.717) is 11.3 Å². The van der Waals surface area contributed by atoms with Crippen molar-refractivity contribution in [2.45, 2.75) is 10.8 Å². The van der Waals surface area contributed by atoms with E-state index in [1.165, 1.54) is 4.90 Å². The monoisotopic (exact) mass is 344 g/mol. The van der Waals surface area contributed by atoms with Crippen LogP contribution in [-0.2, 0) is 0 Å². The largest absolute Gasteiger partial charge is 0.440 e. The number of nitrogens with zero attached hydrogens (tertiary/aromatic N) is 1. The molecule has 1 unspecified atom stereocenters. The van der Waals surface area contributed by atoms with Gasteiger partial charge in [-0.25, -0.2) is 0 Å². The van der Waals surface area contributed by atoms with Gasteiger partial charge in [0, 0.05) is 10.5 Å². The summed E-state index contributed by atoms with van der Waals surface area (Å²) < 4.78 is 5.77. The van der Waals surface area contributed by atoms with Crippen molar-refractivity contribution < 1.29 is 4.74 Å². The molecule has 0 saturated carbocycles. The zero-order valence-electron chi connectivity index (χ0n) is 13.7. The summed E-state index contributed by atoms with van der Waals surface area (Å²) in [7, 11) is 0. The molecular weight excluding hydrogens is 328 g/mol. The molecule has 4 heteroatoms. The highest BCUT2D eigenvalue weighted by atomic mass is 32.2. The summed E-state index contributed by atoms with van der Waals surface area (Å²) in [5.74, 6) is 0.675. The fourth-order valence-corrected chi connectivity index (χ4v) is 3.78. The molecule has 25 heavy (non-hydrogen) atoms. The highest BCUT2D eigenvalue weighted by Crippen LogP contribution is 2.45. The zero-order chi connectivity index (χ0) is 17.4. The maximum atomic E-state index is 9.72. The molecule has 4 rings (SSSR count). The van der Waals surface area contributed by atoms with E-state index in [1.54, 1.807) is 11.8 Å². The maximum Gasteiger partial charge on any atom is 0.205 e. The number of fused-ring (bicyclic) bond motifs is 3. The fourth-order valence-electron chi connectivity index (χ4n) is 3.37. The lowest BCUT2D eigenvalue weighted by Crippen LogP contribution is -2.21. The lowest BCUT2D eigenvalue weighted by molar-refractivity contribution is 0.395. The molecule has 1 aliphatic rings. The van der Waals surface area contributed by atoms with E-state index in [2.05, 4.69) is 42.5 Å². The van der Waals surface area contributed by atoms with Gasteiger partial charge in [0.25, 0.3) is 0 Å². The van der Waals surface area contributed by atoms with Gasteiger partial charge in [-0.2, -0.15) is 5.26 Å². The van der Waals surface area contributed by atoms with Crippen LogP contribution in [0.25, 0.3) is 10.8 Å². The van der Waals surface area contributed by atoms with Gasteiger partial charge in [-0.15, -0.1) is 11.8 Å². The van der Waals surface area contributed by atoms with Crippen LogP contribution in [-0.4, -0.2) is 6.26 Å². The fraction of sp³-hybridized carbons (Fsp3) is 0.0952. The van der Waals surface area contributed by atoms with Crippen molar-refractivity contribution in [1.82, 2.24) is 0 Å². The molecule has 0 amide bonds. The predicted octanol–water partition coefficient (Wildman–Crippen LogP) is 4.78. The van der Waals surface area contributed by atoms with Crippen LogP contribution in [0.5, 0.6) is 5.75 Å². The van der Waals surface area contributed by atoms with Crippen LogP contribution in [0.15, 0.2) is 77.0 Å². The predicted molar refractivity (Wildman–Crippen MR) is 101 cm³/mol.